The van der Waals surface area contributed by atoms with Gasteiger partial charge in [-0.2, -0.15) is 0 Å². The zero-order valence-electron chi connectivity index (χ0n) is 17.6. The molecule has 0 aliphatic heterocycles. The minimum Gasteiger partial charge on any atom is -0.444 e. The van der Waals surface area contributed by atoms with Crippen LogP contribution in [0.1, 0.15) is 46.1 Å². The molecule has 0 spiro atoms. The molecular formula is C23H36N2O2. The van der Waals surface area contributed by atoms with Gasteiger partial charge in [-0.05, 0) is 50.7 Å². The average Bonchev–Trinajstić information content (AvgIpc) is 2.70. The molecule has 2 aromatic carbocycles. The molecule has 0 unspecified atom stereocenters. The molecule has 1 N–H and O–H groups in total. The van der Waals surface area contributed by atoms with Gasteiger partial charge in [0, 0.05) is 5.69 Å². The second-order valence-corrected chi connectivity index (χ2v) is 5.86. The van der Waals surface area contributed by atoms with Crippen LogP contribution in [0.25, 0.3) is 0 Å². The summed E-state index contributed by atoms with van der Waals surface area (Å²) in [5.41, 5.74) is 1.70. The second-order valence-electron chi connectivity index (χ2n) is 5.86. The van der Waals surface area contributed by atoms with Crippen molar-refractivity contribution in [3.63, 3.8) is 0 Å². The lowest BCUT2D eigenvalue weighted by Gasteiger charge is -2.12. The second kappa shape index (κ2) is 17.1. The molecule has 0 aromatic heterocycles. The average molecular weight is 373 g/mol. The summed E-state index contributed by atoms with van der Waals surface area (Å²) in [6, 6.07) is 18.8. The Balaban J connectivity index is 0.000000574. The monoisotopic (exact) mass is 372 g/mol. The maximum atomic E-state index is 11.5. The summed E-state index contributed by atoms with van der Waals surface area (Å²) in [4.78, 5) is 13.8. The molecule has 4 nitrogen and oxygen atoms in total. The van der Waals surface area contributed by atoms with Gasteiger partial charge >= 0.3 is 6.09 Å². The first-order valence-electron chi connectivity index (χ1n) is 9.87. The Morgan fingerprint density at radius 3 is 1.85 bits per heavy atom. The van der Waals surface area contributed by atoms with E-state index in [1.165, 1.54) is 25.9 Å². The number of carbonyl (C=O) groups excluding carboxylic acids is 1. The predicted octanol–water partition coefficient (Wildman–Crippen LogP) is 6.20. The third-order valence-corrected chi connectivity index (χ3v) is 3.44. The summed E-state index contributed by atoms with van der Waals surface area (Å²) in [5, 5.41) is 2.65. The fraction of sp³-hybridized carbons (Fsp3) is 0.435. The highest BCUT2D eigenvalue weighted by molar-refractivity contribution is 5.84. The van der Waals surface area contributed by atoms with E-state index in [-0.39, 0.29) is 6.61 Å². The van der Waals surface area contributed by atoms with Crippen molar-refractivity contribution < 1.29 is 9.53 Å². The van der Waals surface area contributed by atoms with Crippen molar-refractivity contribution in [3.8, 4) is 0 Å². The van der Waals surface area contributed by atoms with Gasteiger partial charge in [0.1, 0.15) is 6.61 Å². The summed E-state index contributed by atoms with van der Waals surface area (Å²) in [7, 11) is 2.17. The maximum Gasteiger partial charge on any atom is 0.411 e. The molecule has 2 aromatic rings. The number of hydrogen-bond acceptors (Lipinski definition) is 3. The number of hydrogen-bond donors (Lipinski definition) is 1. The predicted molar refractivity (Wildman–Crippen MR) is 116 cm³/mol. The number of rotatable bonds is 7. The molecule has 0 saturated carbocycles. The Kier molecular flexibility index (Phi) is 15.6. The number of nitrogens with one attached hydrogen (secondary N) is 1. The van der Waals surface area contributed by atoms with Crippen LogP contribution in [0.15, 0.2) is 60.7 Å². The van der Waals surface area contributed by atoms with Crippen molar-refractivity contribution in [1.29, 1.82) is 0 Å². The fourth-order valence-corrected chi connectivity index (χ4v) is 2.27. The molecule has 150 valence electrons. The minimum atomic E-state index is -0.444. The summed E-state index contributed by atoms with van der Waals surface area (Å²) < 4.78 is 5.08. The van der Waals surface area contributed by atoms with Gasteiger partial charge in [0.15, 0.2) is 0 Å². The van der Waals surface area contributed by atoms with Crippen LogP contribution in [-0.4, -0.2) is 31.1 Å². The number of carbonyl (C=O) groups is 1. The smallest absolute Gasteiger partial charge is 0.411 e. The molecule has 1 amide bonds. The highest BCUT2D eigenvalue weighted by atomic mass is 16.5. The van der Waals surface area contributed by atoms with Crippen LogP contribution >= 0.6 is 0 Å². The molecular weight excluding hydrogens is 336 g/mol. The summed E-state index contributed by atoms with van der Waals surface area (Å²) in [6.07, 6.45) is 2.10. The lowest BCUT2D eigenvalue weighted by atomic mass is 10.2. The quantitative estimate of drug-likeness (QED) is 0.629. The Morgan fingerprint density at radius 1 is 0.889 bits per heavy atom. The van der Waals surface area contributed by atoms with E-state index in [4.69, 9.17) is 4.74 Å². The number of amides is 1. The first kappa shape index (κ1) is 24.7. The molecule has 0 heterocycles. The zero-order chi connectivity index (χ0) is 20.3. The van der Waals surface area contributed by atoms with Crippen molar-refractivity contribution >= 4 is 11.8 Å². The van der Waals surface area contributed by atoms with Gasteiger partial charge in [0.05, 0.1) is 0 Å². The molecule has 2 rings (SSSR count). The third kappa shape index (κ3) is 13.5. The van der Waals surface area contributed by atoms with Crippen molar-refractivity contribution in [2.24, 2.45) is 0 Å². The standard InChI is InChI=1S/C14H13NO2.C7H17N.C2H6/c16-14(15-13-9-5-2-6-10-13)17-11-12-7-3-1-4-8-12;1-4-6-8(3)7-5-2;1-2/h1-10H,11H2,(H,15,16);4-7H2,1-3H3;1-2H3. The SMILES string of the molecule is CC.CCCN(C)CCC.O=C(Nc1ccccc1)OCc1ccccc1. The molecule has 27 heavy (non-hydrogen) atoms. The highest BCUT2D eigenvalue weighted by Crippen LogP contribution is 2.06. The molecule has 0 radical (unpaired) electrons. The van der Waals surface area contributed by atoms with Crippen LogP contribution in [0.4, 0.5) is 10.5 Å². The van der Waals surface area contributed by atoms with Crippen molar-refractivity contribution in [3.05, 3.63) is 66.2 Å². The van der Waals surface area contributed by atoms with E-state index in [0.29, 0.717) is 0 Å². The van der Waals surface area contributed by atoms with Crippen LogP contribution in [0.2, 0.25) is 0 Å². The van der Waals surface area contributed by atoms with Crippen molar-refractivity contribution in [2.75, 3.05) is 25.5 Å². The topological polar surface area (TPSA) is 41.6 Å². The molecule has 0 fully saturated rings. The van der Waals surface area contributed by atoms with Gasteiger partial charge < -0.3 is 9.64 Å². The van der Waals surface area contributed by atoms with Gasteiger partial charge in [0.25, 0.3) is 0 Å². The summed E-state index contributed by atoms with van der Waals surface area (Å²) in [5.74, 6) is 0. The normalized spacial score (nSPS) is 9.41. The van der Waals surface area contributed by atoms with E-state index < -0.39 is 6.09 Å². The maximum absolute atomic E-state index is 11.5. The van der Waals surface area contributed by atoms with Crippen LogP contribution in [0.3, 0.4) is 0 Å². The first-order chi connectivity index (χ1) is 13.2. The summed E-state index contributed by atoms with van der Waals surface area (Å²) in [6.45, 7) is 11.2. The molecule has 0 aliphatic rings. The van der Waals surface area contributed by atoms with E-state index in [2.05, 4.69) is 31.1 Å². The Labute approximate surface area is 165 Å². The number of nitrogens with zero attached hydrogens (tertiary/aromatic N) is 1. The van der Waals surface area contributed by atoms with Crippen LogP contribution < -0.4 is 5.32 Å². The molecule has 0 bridgehead atoms. The van der Waals surface area contributed by atoms with E-state index in [9.17, 15) is 4.79 Å². The van der Waals surface area contributed by atoms with Crippen molar-refractivity contribution in [2.45, 2.75) is 47.1 Å². The molecule has 0 atom stereocenters. The van der Waals surface area contributed by atoms with Gasteiger partial charge in [-0.25, -0.2) is 4.79 Å². The molecule has 0 saturated heterocycles. The lowest BCUT2D eigenvalue weighted by Crippen LogP contribution is -2.19. The van der Waals surface area contributed by atoms with Crippen molar-refractivity contribution in [1.82, 2.24) is 4.90 Å². The van der Waals surface area contributed by atoms with E-state index in [0.717, 1.165) is 11.3 Å². The van der Waals surface area contributed by atoms with Gasteiger partial charge in [-0.15, -0.1) is 0 Å². The van der Waals surface area contributed by atoms with E-state index in [1.54, 1.807) is 0 Å². The Hall–Kier alpha value is -2.33. The largest absolute Gasteiger partial charge is 0.444 e. The minimum absolute atomic E-state index is 0.277. The number of benzene rings is 2. The van der Waals surface area contributed by atoms with Crippen LogP contribution in [-0.2, 0) is 11.3 Å². The van der Waals surface area contributed by atoms with E-state index in [1.807, 2.05) is 74.5 Å². The number of anilines is 1. The third-order valence-electron chi connectivity index (χ3n) is 3.44. The number of ether oxygens (including phenoxy) is 1. The Morgan fingerprint density at radius 2 is 1.37 bits per heavy atom. The molecule has 0 aliphatic carbocycles. The van der Waals surface area contributed by atoms with Gasteiger partial charge in [-0.1, -0.05) is 76.2 Å². The Bertz CT molecular complexity index is 567. The zero-order valence-corrected chi connectivity index (χ0v) is 17.6. The van der Waals surface area contributed by atoms with Gasteiger partial charge in [0.2, 0.25) is 0 Å². The number of para-hydroxylation sites is 1. The highest BCUT2D eigenvalue weighted by Gasteiger charge is 2.02. The fourth-order valence-electron chi connectivity index (χ4n) is 2.27. The summed E-state index contributed by atoms with van der Waals surface area (Å²) >= 11 is 0. The molecule has 4 heteroatoms. The van der Waals surface area contributed by atoms with E-state index >= 15 is 0 Å². The van der Waals surface area contributed by atoms with Gasteiger partial charge in [-0.3, -0.25) is 5.32 Å². The van der Waals surface area contributed by atoms with Crippen LogP contribution in [0.5, 0.6) is 0 Å². The first-order valence-corrected chi connectivity index (χ1v) is 9.87. The van der Waals surface area contributed by atoms with Crippen LogP contribution in [0, 0.1) is 0 Å². The lowest BCUT2D eigenvalue weighted by molar-refractivity contribution is 0.155.